The molecule has 0 radical (unpaired) electrons. The van der Waals surface area contributed by atoms with E-state index >= 15 is 0 Å². The van der Waals surface area contributed by atoms with E-state index in [1.807, 2.05) is 26.8 Å². The Bertz CT molecular complexity index is 942. The van der Waals surface area contributed by atoms with Crippen LogP contribution in [0.15, 0.2) is 18.2 Å². The number of hydrogen-bond acceptors (Lipinski definition) is 7. The highest BCUT2D eigenvalue weighted by atomic mass is 16.6. The minimum absolute atomic E-state index is 0.0180. The third-order valence-electron chi connectivity index (χ3n) is 5.89. The number of aliphatic hydroxyl groups is 1. The molecule has 3 N–H and O–H groups in total. The fourth-order valence-electron chi connectivity index (χ4n) is 3.72. The zero-order valence-electron chi connectivity index (χ0n) is 23.3. The Hall–Kier alpha value is -3.14. The Balaban J connectivity index is 3.43. The van der Waals surface area contributed by atoms with Crippen LogP contribution in [0.1, 0.15) is 77.1 Å². The predicted molar refractivity (Wildman–Crippen MR) is 140 cm³/mol. The first-order chi connectivity index (χ1) is 17.3. The molecule has 208 valence electrons. The molecule has 1 aromatic rings. The predicted octanol–water partition coefficient (Wildman–Crippen LogP) is 2.93. The largest absolute Gasteiger partial charge is 0.466 e. The summed E-state index contributed by atoms with van der Waals surface area (Å²) < 4.78 is 10.2. The van der Waals surface area contributed by atoms with Crippen LogP contribution in [0.25, 0.3) is 0 Å². The lowest BCUT2D eigenvalue weighted by Crippen LogP contribution is -2.56. The Morgan fingerprint density at radius 3 is 2.30 bits per heavy atom. The van der Waals surface area contributed by atoms with Crippen LogP contribution in [-0.4, -0.2) is 71.3 Å². The number of nitrogens with one attached hydrogen (secondary N) is 2. The van der Waals surface area contributed by atoms with Gasteiger partial charge in [0.2, 0.25) is 11.8 Å². The number of carbonyl (C=O) groups is 4. The standard InChI is InChI=1S/C27H43N3O7/c1-9-18(4)30(25(34)21(16-31)29-26(35)37-27(6,7)8)23(20-13-11-12-17(3)19(20)5)24(33)28-15-14-22(32)36-10-2/h11-13,18,21,23,31H,9-10,14-16H2,1-8H3,(H,28,33)(H,29,35). The van der Waals surface area contributed by atoms with Gasteiger partial charge in [0.05, 0.1) is 19.6 Å². The molecule has 3 unspecified atom stereocenters. The number of aliphatic hydroxyl groups excluding tert-OH is 1. The number of nitrogens with zero attached hydrogens (tertiary/aromatic N) is 1. The molecule has 0 saturated carbocycles. The molecule has 1 rings (SSSR count). The summed E-state index contributed by atoms with van der Waals surface area (Å²) in [6.07, 6.45) is -0.366. The van der Waals surface area contributed by atoms with Crippen molar-refractivity contribution < 1.29 is 33.8 Å². The van der Waals surface area contributed by atoms with E-state index in [0.29, 0.717) is 12.0 Å². The Labute approximate surface area is 220 Å². The number of carbonyl (C=O) groups excluding carboxylic acids is 4. The average Bonchev–Trinajstić information content (AvgIpc) is 2.81. The molecular weight excluding hydrogens is 478 g/mol. The highest BCUT2D eigenvalue weighted by molar-refractivity contribution is 5.92. The second-order valence-corrected chi connectivity index (χ2v) is 9.92. The van der Waals surface area contributed by atoms with Crippen LogP contribution >= 0.6 is 0 Å². The van der Waals surface area contributed by atoms with Gasteiger partial charge in [-0.2, -0.15) is 0 Å². The lowest BCUT2D eigenvalue weighted by Gasteiger charge is -2.38. The third-order valence-corrected chi connectivity index (χ3v) is 5.89. The van der Waals surface area contributed by atoms with Crippen molar-refractivity contribution in [2.75, 3.05) is 19.8 Å². The molecular formula is C27H43N3O7. The first-order valence-corrected chi connectivity index (χ1v) is 12.7. The fraction of sp³-hybridized carbons (Fsp3) is 0.630. The van der Waals surface area contributed by atoms with Gasteiger partial charge in [0.1, 0.15) is 17.7 Å². The van der Waals surface area contributed by atoms with E-state index in [4.69, 9.17) is 9.47 Å². The molecule has 10 heteroatoms. The van der Waals surface area contributed by atoms with Crippen LogP contribution in [0.2, 0.25) is 0 Å². The number of amides is 3. The van der Waals surface area contributed by atoms with Gasteiger partial charge in [-0.3, -0.25) is 14.4 Å². The van der Waals surface area contributed by atoms with E-state index in [0.717, 1.165) is 11.1 Å². The van der Waals surface area contributed by atoms with Crippen LogP contribution in [0.5, 0.6) is 0 Å². The summed E-state index contributed by atoms with van der Waals surface area (Å²) in [5, 5.41) is 15.2. The number of hydrogen-bond donors (Lipinski definition) is 3. The highest BCUT2D eigenvalue weighted by Gasteiger charge is 2.39. The molecule has 0 aliphatic heterocycles. The SMILES string of the molecule is CCOC(=O)CCNC(=O)C(c1cccc(C)c1C)N(C(=O)C(CO)NC(=O)OC(C)(C)C)C(C)CC. The van der Waals surface area contributed by atoms with Crippen molar-refractivity contribution in [2.24, 2.45) is 0 Å². The van der Waals surface area contributed by atoms with Crippen molar-refractivity contribution in [3.8, 4) is 0 Å². The van der Waals surface area contributed by atoms with Crippen molar-refractivity contribution in [3.63, 3.8) is 0 Å². The van der Waals surface area contributed by atoms with Gasteiger partial charge in [-0.1, -0.05) is 25.1 Å². The molecule has 0 heterocycles. The van der Waals surface area contributed by atoms with Crippen LogP contribution in [0, 0.1) is 13.8 Å². The Morgan fingerprint density at radius 1 is 1.11 bits per heavy atom. The first kappa shape index (κ1) is 31.9. The summed E-state index contributed by atoms with van der Waals surface area (Å²) in [5.41, 5.74) is 1.57. The number of ether oxygens (including phenoxy) is 2. The molecule has 1 aromatic carbocycles. The van der Waals surface area contributed by atoms with Gasteiger partial charge in [0.15, 0.2) is 0 Å². The van der Waals surface area contributed by atoms with Crippen molar-refractivity contribution >= 4 is 23.9 Å². The quantitative estimate of drug-likeness (QED) is 0.360. The number of alkyl carbamates (subject to hydrolysis) is 1. The zero-order valence-corrected chi connectivity index (χ0v) is 23.3. The normalized spacial score (nSPS) is 13.6. The van der Waals surface area contributed by atoms with Crippen molar-refractivity contribution in [3.05, 3.63) is 34.9 Å². The molecule has 0 spiro atoms. The minimum atomic E-state index is -1.33. The molecule has 3 amide bonds. The van der Waals surface area contributed by atoms with Gasteiger partial charge in [-0.25, -0.2) is 4.79 Å². The molecule has 37 heavy (non-hydrogen) atoms. The lowest BCUT2D eigenvalue weighted by molar-refractivity contribution is -0.146. The first-order valence-electron chi connectivity index (χ1n) is 12.7. The lowest BCUT2D eigenvalue weighted by atomic mass is 9.93. The van der Waals surface area contributed by atoms with Gasteiger partial charge in [0.25, 0.3) is 0 Å². The van der Waals surface area contributed by atoms with Gasteiger partial charge in [0, 0.05) is 12.6 Å². The van der Waals surface area contributed by atoms with Crippen molar-refractivity contribution in [1.29, 1.82) is 0 Å². The smallest absolute Gasteiger partial charge is 0.408 e. The second-order valence-electron chi connectivity index (χ2n) is 9.92. The number of aryl methyl sites for hydroxylation is 1. The maximum atomic E-state index is 13.8. The average molecular weight is 522 g/mol. The van der Waals surface area contributed by atoms with E-state index in [1.165, 1.54) is 4.90 Å². The molecule has 0 saturated heterocycles. The molecule has 0 aliphatic carbocycles. The number of benzene rings is 1. The van der Waals surface area contributed by atoms with Crippen LogP contribution in [0.3, 0.4) is 0 Å². The highest BCUT2D eigenvalue weighted by Crippen LogP contribution is 2.29. The molecule has 0 bridgehead atoms. The minimum Gasteiger partial charge on any atom is -0.466 e. The van der Waals surface area contributed by atoms with Gasteiger partial charge in [-0.05, 0) is 71.6 Å². The second kappa shape index (κ2) is 14.6. The maximum Gasteiger partial charge on any atom is 0.408 e. The van der Waals surface area contributed by atoms with Crippen LogP contribution in [0.4, 0.5) is 4.79 Å². The van der Waals surface area contributed by atoms with E-state index in [-0.39, 0.29) is 19.6 Å². The summed E-state index contributed by atoms with van der Waals surface area (Å²) in [4.78, 5) is 52.9. The summed E-state index contributed by atoms with van der Waals surface area (Å²) in [5.74, 6) is -1.56. The Morgan fingerprint density at radius 2 is 1.76 bits per heavy atom. The molecule has 0 aliphatic rings. The summed E-state index contributed by atoms with van der Waals surface area (Å²) in [6.45, 7) is 13.8. The van der Waals surface area contributed by atoms with E-state index in [2.05, 4.69) is 10.6 Å². The van der Waals surface area contributed by atoms with Crippen molar-refractivity contribution in [1.82, 2.24) is 15.5 Å². The zero-order chi connectivity index (χ0) is 28.3. The number of esters is 1. The topological polar surface area (TPSA) is 134 Å². The van der Waals surface area contributed by atoms with Crippen LogP contribution in [-0.2, 0) is 23.9 Å². The summed E-state index contributed by atoms with van der Waals surface area (Å²) >= 11 is 0. The van der Waals surface area contributed by atoms with E-state index in [1.54, 1.807) is 46.8 Å². The Kier molecular flexibility index (Phi) is 12.6. The third kappa shape index (κ3) is 9.68. The van der Waals surface area contributed by atoms with Crippen LogP contribution < -0.4 is 10.6 Å². The van der Waals surface area contributed by atoms with Crippen molar-refractivity contribution in [2.45, 2.75) is 92.0 Å². The number of rotatable bonds is 12. The van der Waals surface area contributed by atoms with E-state index < -0.39 is 54.2 Å². The fourth-order valence-corrected chi connectivity index (χ4v) is 3.72. The molecule has 0 aromatic heterocycles. The van der Waals surface area contributed by atoms with Gasteiger partial charge >= 0.3 is 12.1 Å². The molecule has 3 atom stereocenters. The monoisotopic (exact) mass is 521 g/mol. The van der Waals surface area contributed by atoms with Gasteiger partial charge < -0.3 is 30.1 Å². The summed E-state index contributed by atoms with van der Waals surface area (Å²) in [6, 6.07) is 2.66. The molecule has 0 fully saturated rings. The summed E-state index contributed by atoms with van der Waals surface area (Å²) in [7, 11) is 0. The van der Waals surface area contributed by atoms with E-state index in [9.17, 15) is 24.3 Å². The maximum absolute atomic E-state index is 13.8. The molecule has 10 nitrogen and oxygen atoms in total. The van der Waals surface area contributed by atoms with Gasteiger partial charge in [-0.15, -0.1) is 0 Å².